The van der Waals surface area contributed by atoms with Crippen LogP contribution in [-0.2, 0) is 6.42 Å². The van der Waals surface area contributed by atoms with E-state index in [0.29, 0.717) is 17.0 Å². The average Bonchev–Trinajstić information content (AvgIpc) is 2.41. The Labute approximate surface area is 119 Å². The standard InChI is InChI=1S/C14H10ClNO4/c15-11-4-1-9(2-5-11)7-10-3-6-12(16(19)20)8-13(10)14(17)18/h1-6,8H,7H2,(H,17,18). The molecule has 0 bridgehead atoms. The van der Waals surface area contributed by atoms with Crippen molar-refractivity contribution in [3.8, 4) is 0 Å². The van der Waals surface area contributed by atoms with E-state index in [1.54, 1.807) is 24.3 Å². The quantitative estimate of drug-likeness (QED) is 0.690. The Morgan fingerprint density at radius 2 is 1.85 bits per heavy atom. The summed E-state index contributed by atoms with van der Waals surface area (Å²) in [6.45, 7) is 0. The molecule has 2 rings (SSSR count). The molecule has 102 valence electrons. The summed E-state index contributed by atoms with van der Waals surface area (Å²) >= 11 is 5.78. The molecule has 2 aromatic rings. The van der Waals surface area contributed by atoms with E-state index in [-0.39, 0.29) is 11.3 Å². The second-order valence-corrected chi connectivity index (χ2v) is 4.64. The van der Waals surface area contributed by atoms with Crippen molar-refractivity contribution in [2.24, 2.45) is 0 Å². The second kappa shape index (κ2) is 5.71. The molecule has 0 aliphatic rings. The van der Waals surface area contributed by atoms with Gasteiger partial charge in [0.25, 0.3) is 5.69 Å². The molecule has 0 spiro atoms. The largest absolute Gasteiger partial charge is 0.478 e. The van der Waals surface area contributed by atoms with Crippen molar-refractivity contribution in [3.63, 3.8) is 0 Å². The summed E-state index contributed by atoms with van der Waals surface area (Å²) in [6, 6.07) is 10.8. The van der Waals surface area contributed by atoms with Crippen molar-refractivity contribution < 1.29 is 14.8 Å². The van der Waals surface area contributed by atoms with Gasteiger partial charge in [-0.1, -0.05) is 29.8 Å². The van der Waals surface area contributed by atoms with E-state index in [1.165, 1.54) is 12.1 Å². The molecule has 6 heteroatoms. The number of rotatable bonds is 4. The highest BCUT2D eigenvalue weighted by atomic mass is 35.5. The predicted octanol–water partition coefficient (Wildman–Crippen LogP) is 3.54. The Morgan fingerprint density at radius 3 is 2.40 bits per heavy atom. The number of nitro groups is 1. The first kappa shape index (κ1) is 14.0. The van der Waals surface area contributed by atoms with Crippen molar-refractivity contribution >= 4 is 23.3 Å². The van der Waals surface area contributed by atoms with Gasteiger partial charge >= 0.3 is 5.97 Å². The molecule has 0 saturated carbocycles. The molecule has 5 nitrogen and oxygen atoms in total. The lowest BCUT2D eigenvalue weighted by molar-refractivity contribution is -0.384. The Morgan fingerprint density at radius 1 is 1.20 bits per heavy atom. The van der Waals surface area contributed by atoms with Crippen LogP contribution in [0.2, 0.25) is 5.02 Å². The smallest absolute Gasteiger partial charge is 0.336 e. The number of benzene rings is 2. The molecular formula is C14H10ClNO4. The Balaban J connectivity index is 2.38. The molecule has 2 aromatic carbocycles. The lowest BCUT2D eigenvalue weighted by atomic mass is 9.99. The highest BCUT2D eigenvalue weighted by Gasteiger charge is 2.16. The first-order valence-corrected chi connectivity index (χ1v) is 6.10. The van der Waals surface area contributed by atoms with Gasteiger partial charge in [-0.05, 0) is 29.7 Å². The molecule has 1 N–H and O–H groups in total. The molecule has 0 amide bonds. The summed E-state index contributed by atoms with van der Waals surface area (Å²) in [4.78, 5) is 21.3. The molecule has 0 aliphatic heterocycles. The number of carboxylic acids is 1. The first-order chi connectivity index (χ1) is 9.47. The van der Waals surface area contributed by atoms with Crippen molar-refractivity contribution in [1.29, 1.82) is 0 Å². The van der Waals surface area contributed by atoms with E-state index in [1.807, 2.05) is 0 Å². The second-order valence-electron chi connectivity index (χ2n) is 4.21. The Kier molecular flexibility index (Phi) is 4.00. The monoisotopic (exact) mass is 291 g/mol. The zero-order chi connectivity index (χ0) is 14.7. The van der Waals surface area contributed by atoms with Crippen LogP contribution in [0.25, 0.3) is 0 Å². The molecule has 0 fully saturated rings. The number of hydrogen-bond acceptors (Lipinski definition) is 3. The molecule has 0 atom stereocenters. The first-order valence-electron chi connectivity index (χ1n) is 5.72. The van der Waals surface area contributed by atoms with E-state index in [0.717, 1.165) is 11.6 Å². The maximum atomic E-state index is 11.2. The molecule has 0 aromatic heterocycles. The zero-order valence-corrected chi connectivity index (χ0v) is 11.0. The van der Waals surface area contributed by atoms with Gasteiger partial charge in [0.15, 0.2) is 0 Å². The number of halogens is 1. The number of carboxylic acid groups (broad SMARTS) is 1. The normalized spacial score (nSPS) is 10.2. The fraction of sp³-hybridized carbons (Fsp3) is 0.0714. The van der Waals surface area contributed by atoms with Crippen molar-refractivity contribution in [3.05, 3.63) is 74.3 Å². The van der Waals surface area contributed by atoms with Gasteiger partial charge < -0.3 is 5.11 Å². The minimum Gasteiger partial charge on any atom is -0.478 e. The summed E-state index contributed by atoms with van der Waals surface area (Å²) in [5, 5.41) is 20.4. The van der Waals surface area contributed by atoms with Crippen LogP contribution in [0.3, 0.4) is 0 Å². The minimum atomic E-state index is -1.18. The summed E-state index contributed by atoms with van der Waals surface area (Å²) in [7, 11) is 0. The Hall–Kier alpha value is -2.40. The molecule has 0 saturated heterocycles. The summed E-state index contributed by atoms with van der Waals surface area (Å²) in [6.07, 6.45) is 0.372. The number of aromatic carboxylic acids is 1. The van der Waals surface area contributed by atoms with Crippen LogP contribution < -0.4 is 0 Å². The van der Waals surface area contributed by atoms with E-state index < -0.39 is 10.9 Å². The van der Waals surface area contributed by atoms with E-state index in [9.17, 15) is 14.9 Å². The lowest BCUT2D eigenvalue weighted by Gasteiger charge is -2.06. The van der Waals surface area contributed by atoms with Gasteiger partial charge in [-0.2, -0.15) is 0 Å². The van der Waals surface area contributed by atoms with E-state index in [2.05, 4.69) is 0 Å². The number of nitrogens with zero attached hydrogens (tertiary/aromatic N) is 1. The van der Waals surface area contributed by atoms with Gasteiger partial charge in [-0.3, -0.25) is 10.1 Å². The van der Waals surface area contributed by atoms with Crippen LogP contribution in [0, 0.1) is 10.1 Å². The Bertz CT molecular complexity index is 667. The minimum absolute atomic E-state index is 0.0610. The van der Waals surface area contributed by atoms with Gasteiger partial charge in [-0.15, -0.1) is 0 Å². The van der Waals surface area contributed by atoms with Crippen molar-refractivity contribution in [2.75, 3.05) is 0 Å². The van der Waals surface area contributed by atoms with Gasteiger partial charge in [-0.25, -0.2) is 4.79 Å². The van der Waals surface area contributed by atoms with Crippen LogP contribution in [0.4, 0.5) is 5.69 Å². The van der Waals surface area contributed by atoms with Crippen LogP contribution in [0.5, 0.6) is 0 Å². The van der Waals surface area contributed by atoms with Gasteiger partial charge in [0, 0.05) is 17.2 Å². The third-order valence-electron chi connectivity index (χ3n) is 2.84. The van der Waals surface area contributed by atoms with Crippen LogP contribution in [0.1, 0.15) is 21.5 Å². The van der Waals surface area contributed by atoms with Crippen molar-refractivity contribution in [2.45, 2.75) is 6.42 Å². The maximum Gasteiger partial charge on any atom is 0.336 e. The van der Waals surface area contributed by atoms with Gasteiger partial charge in [0.1, 0.15) is 0 Å². The van der Waals surface area contributed by atoms with E-state index >= 15 is 0 Å². The fourth-order valence-corrected chi connectivity index (χ4v) is 1.98. The molecule has 0 aliphatic carbocycles. The average molecular weight is 292 g/mol. The molecule has 0 unspecified atom stereocenters. The molecular weight excluding hydrogens is 282 g/mol. The predicted molar refractivity (Wildman–Crippen MR) is 74.3 cm³/mol. The summed E-state index contributed by atoms with van der Waals surface area (Å²) < 4.78 is 0. The van der Waals surface area contributed by atoms with Crippen LogP contribution in [0.15, 0.2) is 42.5 Å². The number of hydrogen-bond donors (Lipinski definition) is 1. The van der Waals surface area contributed by atoms with E-state index in [4.69, 9.17) is 16.7 Å². The maximum absolute atomic E-state index is 11.2. The fourth-order valence-electron chi connectivity index (χ4n) is 1.85. The van der Waals surface area contributed by atoms with Gasteiger partial charge in [0.2, 0.25) is 0 Å². The lowest BCUT2D eigenvalue weighted by Crippen LogP contribution is -2.04. The molecule has 0 heterocycles. The number of non-ortho nitro benzene ring substituents is 1. The highest BCUT2D eigenvalue weighted by molar-refractivity contribution is 6.30. The van der Waals surface area contributed by atoms with Gasteiger partial charge in [0.05, 0.1) is 10.5 Å². The summed E-state index contributed by atoms with van der Waals surface area (Å²) in [5.74, 6) is -1.18. The topological polar surface area (TPSA) is 80.4 Å². The molecule has 20 heavy (non-hydrogen) atoms. The number of nitro benzene ring substituents is 1. The molecule has 0 radical (unpaired) electrons. The van der Waals surface area contributed by atoms with Crippen LogP contribution >= 0.6 is 11.6 Å². The van der Waals surface area contributed by atoms with Crippen LogP contribution in [-0.4, -0.2) is 16.0 Å². The van der Waals surface area contributed by atoms with Crippen molar-refractivity contribution in [1.82, 2.24) is 0 Å². The highest BCUT2D eigenvalue weighted by Crippen LogP contribution is 2.21. The third kappa shape index (κ3) is 3.13. The SMILES string of the molecule is O=C(O)c1cc([N+](=O)[O-])ccc1Cc1ccc(Cl)cc1. The zero-order valence-electron chi connectivity index (χ0n) is 10.2. The summed E-state index contributed by atoms with van der Waals surface area (Å²) in [5.41, 5.74) is 1.10. The third-order valence-corrected chi connectivity index (χ3v) is 3.09. The number of carbonyl (C=O) groups is 1.